The SMILES string of the molecule is O=C(CC(O)c1cccc(OS(=O)(=O)C(F)(F)F)c1O)N1CCOCC1. The van der Waals surface area contributed by atoms with Gasteiger partial charge in [-0.25, -0.2) is 0 Å². The molecule has 0 saturated carbocycles. The van der Waals surface area contributed by atoms with Crippen LogP contribution >= 0.6 is 0 Å². The van der Waals surface area contributed by atoms with E-state index in [4.69, 9.17) is 4.74 Å². The Labute approximate surface area is 146 Å². The number of aliphatic hydroxyl groups is 1. The van der Waals surface area contributed by atoms with Crippen LogP contribution in [-0.2, 0) is 19.6 Å². The van der Waals surface area contributed by atoms with Gasteiger partial charge in [-0.05, 0) is 6.07 Å². The Hall–Kier alpha value is -2.05. The number of aliphatic hydroxyl groups excluding tert-OH is 1. The first-order valence-corrected chi connectivity index (χ1v) is 8.80. The molecule has 146 valence electrons. The van der Waals surface area contributed by atoms with Crippen LogP contribution < -0.4 is 4.18 Å². The zero-order valence-electron chi connectivity index (χ0n) is 13.3. The number of aromatic hydroxyl groups is 1. The summed E-state index contributed by atoms with van der Waals surface area (Å²) >= 11 is 0. The Morgan fingerprint density at radius 1 is 1.31 bits per heavy atom. The van der Waals surface area contributed by atoms with Gasteiger partial charge in [-0.3, -0.25) is 4.79 Å². The van der Waals surface area contributed by atoms with Gasteiger partial charge in [-0.2, -0.15) is 21.6 Å². The fourth-order valence-corrected chi connectivity index (χ4v) is 2.72. The average molecular weight is 399 g/mol. The fraction of sp³-hybridized carbons (Fsp3) is 0.500. The molecule has 1 aromatic rings. The Bertz CT molecular complexity index is 760. The van der Waals surface area contributed by atoms with Crippen molar-refractivity contribution >= 4 is 16.0 Å². The van der Waals surface area contributed by atoms with Crippen molar-refractivity contribution in [2.45, 2.75) is 18.0 Å². The molecule has 1 saturated heterocycles. The normalized spacial score (nSPS) is 17.0. The molecule has 1 aliphatic heterocycles. The molecule has 12 heteroatoms. The number of para-hydroxylation sites is 1. The summed E-state index contributed by atoms with van der Waals surface area (Å²) in [6.07, 6.45) is -2.02. The average Bonchev–Trinajstić information content (AvgIpc) is 2.56. The smallest absolute Gasteiger partial charge is 0.504 e. The molecule has 0 aliphatic carbocycles. The first-order valence-electron chi connectivity index (χ1n) is 7.39. The van der Waals surface area contributed by atoms with Crippen LogP contribution in [0.15, 0.2) is 18.2 Å². The van der Waals surface area contributed by atoms with E-state index in [1.807, 2.05) is 0 Å². The van der Waals surface area contributed by atoms with Gasteiger partial charge in [0.05, 0.1) is 25.7 Å². The highest BCUT2D eigenvalue weighted by molar-refractivity contribution is 7.88. The number of nitrogens with zero attached hydrogens (tertiary/aromatic N) is 1. The lowest BCUT2D eigenvalue weighted by atomic mass is 10.0. The number of benzene rings is 1. The van der Waals surface area contributed by atoms with Crippen LogP contribution in [0.4, 0.5) is 13.2 Å². The number of amides is 1. The summed E-state index contributed by atoms with van der Waals surface area (Å²) in [6.45, 7) is 1.33. The second kappa shape index (κ2) is 7.68. The molecule has 26 heavy (non-hydrogen) atoms. The number of phenols is 1. The quantitative estimate of drug-likeness (QED) is 0.559. The molecule has 0 spiro atoms. The first kappa shape index (κ1) is 20.3. The Morgan fingerprint density at radius 3 is 2.50 bits per heavy atom. The maximum absolute atomic E-state index is 12.4. The lowest BCUT2D eigenvalue weighted by Gasteiger charge is -2.27. The van der Waals surface area contributed by atoms with Crippen LogP contribution in [0.25, 0.3) is 0 Å². The summed E-state index contributed by atoms with van der Waals surface area (Å²) in [6, 6.07) is 3.01. The molecule has 2 N–H and O–H groups in total. The van der Waals surface area contributed by atoms with E-state index in [9.17, 15) is 36.6 Å². The van der Waals surface area contributed by atoms with E-state index in [-0.39, 0.29) is 5.56 Å². The summed E-state index contributed by atoms with van der Waals surface area (Å²) in [7, 11) is -5.99. The number of morpholine rings is 1. The van der Waals surface area contributed by atoms with E-state index in [0.717, 1.165) is 18.2 Å². The van der Waals surface area contributed by atoms with E-state index >= 15 is 0 Å². The number of rotatable bonds is 5. The third-order valence-corrected chi connectivity index (χ3v) is 4.57. The number of halogens is 3. The zero-order valence-corrected chi connectivity index (χ0v) is 14.1. The van der Waals surface area contributed by atoms with Gasteiger partial charge in [0.15, 0.2) is 11.5 Å². The Kier molecular flexibility index (Phi) is 5.98. The van der Waals surface area contributed by atoms with Crippen molar-refractivity contribution in [2.24, 2.45) is 0 Å². The number of carbonyl (C=O) groups excluding carboxylic acids is 1. The minimum absolute atomic E-state index is 0.324. The predicted molar refractivity (Wildman–Crippen MR) is 80.7 cm³/mol. The largest absolute Gasteiger partial charge is 0.534 e. The molecular weight excluding hydrogens is 383 g/mol. The zero-order chi connectivity index (χ0) is 19.5. The molecule has 1 heterocycles. The standard InChI is InChI=1S/C14H16F3NO7S/c15-14(16,17)26(22,23)25-11-3-1-2-9(13(11)21)10(19)8-12(20)18-4-6-24-7-5-18/h1-3,10,19,21H,4-8H2. The van der Waals surface area contributed by atoms with E-state index in [1.54, 1.807) is 0 Å². The van der Waals surface area contributed by atoms with Crippen molar-refractivity contribution in [1.82, 2.24) is 4.90 Å². The molecule has 2 rings (SSSR count). The van der Waals surface area contributed by atoms with Gasteiger partial charge in [-0.15, -0.1) is 0 Å². The summed E-state index contributed by atoms with van der Waals surface area (Å²) in [5, 5.41) is 20.1. The topological polar surface area (TPSA) is 113 Å². The molecule has 0 radical (unpaired) electrons. The van der Waals surface area contributed by atoms with Crippen molar-refractivity contribution < 1.29 is 45.5 Å². The van der Waals surface area contributed by atoms with E-state index in [2.05, 4.69) is 4.18 Å². The minimum atomic E-state index is -5.99. The molecule has 1 amide bonds. The monoisotopic (exact) mass is 399 g/mol. The Balaban J connectivity index is 2.16. The van der Waals surface area contributed by atoms with Crippen molar-refractivity contribution in [1.29, 1.82) is 0 Å². The second-order valence-corrected chi connectivity index (χ2v) is 6.93. The molecule has 1 unspecified atom stereocenters. The number of carbonyl (C=O) groups is 1. The van der Waals surface area contributed by atoms with E-state index in [1.165, 1.54) is 4.90 Å². The second-order valence-electron chi connectivity index (χ2n) is 5.39. The highest BCUT2D eigenvalue weighted by atomic mass is 32.2. The maximum Gasteiger partial charge on any atom is 0.534 e. The number of hydrogen-bond donors (Lipinski definition) is 2. The lowest BCUT2D eigenvalue weighted by Crippen LogP contribution is -2.41. The van der Waals surface area contributed by atoms with E-state index in [0.29, 0.717) is 26.3 Å². The summed E-state index contributed by atoms with van der Waals surface area (Å²) in [5.74, 6) is -2.45. The molecule has 8 nitrogen and oxygen atoms in total. The molecule has 0 bridgehead atoms. The maximum atomic E-state index is 12.4. The fourth-order valence-electron chi connectivity index (χ4n) is 2.26. The van der Waals surface area contributed by atoms with Gasteiger partial charge in [0.25, 0.3) is 0 Å². The Morgan fingerprint density at radius 2 is 1.92 bits per heavy atom. The highest BCUT2D eigenvalue weighted by Crippen LogP contribution is 2.37. The van der Waals surface area contributed by atoms with Crippen molar-refractivity contribution in [2.75, 3.05) is 26.3 Å². The number of ether oxygens (including phenoxy) is 1. The molecule has 1 aromatic carbocycles. The van der Waals surface area contributed by atoms with Crippen LogP contribution in [0.2, 0.25) is 0 Å². The van der Waals surface area contributed by atoms with Crippen LogP contribution in [0, 0.1) is 0 Å². The number of hydrogen-bond acceptors (Lipinski definition) is 7. The van der Waals surface area contributed by atoms with Gasteiger partial charge < -0.3 is 24.0 Å². The predicted octanol–water partition coefficient (Wildman–Crippen LogP) is 0.903. The third-order valence-electron chi connectivity index (χ3n) is 3.60. The summed E-state index contributed by atoms with van der Waals surface area (Å²) in [5.41, 5.74) is -6.01. The molecule has 1 aliphatic rings. The number of phenolic OH excluding ortho intramolecular Hbond substituents is 1. The van der Waals surface area contributed by atoms with Crippen molar-refractivity contribution in [3.05, 3.63) is 23.8 Å². The molecule has 0 aromatic heterocycles. The number of alkyl halides is 3. The van der Waals surface area contributed by atoms with Crippen LogP contribution in [0.1, 0.15) is 18.1 Å². The highest BCUT2D eigenvalue weighted by Gasteiger charge is 2.49. The van der Waals surface area contributed by atoms with Crippen LogP contribution in [-0.4, -0.2) is 61.2 Å². The minimum Gasteiger partial charge on any atom is -0.504 e. The van der Waals surface area contributed by atoms with Crippen molar-refractivity contribution in [3.8, 4) is 11.5 Å². The van der Waals surface area contributed by atoms with Crippen molar-refractivity contribution in [3.63, 3.8) is 0 Å². The van der Waals surface area contributed by atoms with Gasteiger partial charge in [0.2, 0.25) is 5.91 Å². The summed E-state index contributed by atoms with van der Waals surface area (Å²) < 4.78 is 68.2. The third kappa shape index (κ3) is 4.56. The van der Waals surface area contributed by atoms with Crippen LogP contribution in [0.5, 0.6) is 11.5 Å². The van der Waals surface area contributed by atoms with Gasteiger partial charge >= 0.3 is 15.6 Å². The lowest BCUT2D eigenvalue weighted by molar-refractivity contribution is -0.137. The molecule has 1 atom stereocenters. The van der Waals surface area contributed by atoms with Gasteiger partial charge in [-0.1, -0.05) is 12.1 Å². The first-order chi connectivity index (χ1) is 12.0. The van der Waals surface area contributed by atoms with Crippen LogP contribution in [0.3, 0.4) is 0 Å². The summed E-state index contributed by atoms with van der Waals surface area (Å²) in [4.78, 5) is 13.5. The molecule has 1 fully saturated rings. The van der Waals surface area contributed by atoms with E-state index < -0.39 is 45.6 Å². The van der Waals surface area contributed by atoms with Gasteiger partial charge in [0.1, 0.15) is 0 Å². The molecular formula is C14H16F3NO7S. The van der Waals surface area contributed by atoms with Gasteiger partial charge in [0, 0.05) is 18.7 Å².